The van der Waals surface area contributed by atoms with Gasteiger partial charge in [0.25, 0.3) is 11.8 Å². The monoisotopic (exact) mass is 642 g/mol. The first kappa shape index (κ1) is 28.3. The number of anilines is 1. The summed E-state index contributed by atoms with van der Waals surface area (Å²) in [5, 5.41) is 1.56. The summed E-state index contributed by atoms with van der Waals surface area (Å²) in [6, 6.07) is 10.7. The van der Waals surface area contributed by atoms with Gasteiger partial charge in [-0.1, -0.05) is 35.4 Å². The van der Waals surface area contributed by atoms with Crippen molar-refractivity contribution in [3.8, 4) is 5.75 Å². The number of carbonyl (C=O) groups is 3. The smallest absolute Gasteiger partial charge is 0.378 e. The van der Waals surface area contributed by atoms with Crippen molar-refractivity contribution in [3.05, 3.63) is 92.4 Å². The highest BCUT2D eigenvalue weighted by Crippen LogP contribution is 2.37. The Morgan fingerprint density at radius 2 is 1.67 bits per heavy atom. The fraction of sp³-hybridized carbons (Fsp3) is 0.0800. The zero-order valence-corrected chi connectivity index (χ0v) is 22.7. The summed E-state index contributed by atoms with van der Waals surface area (Å²) < 4.78 is 70.1. The zero-order valence-electron chi connectivity index (χ0n) is 19.5. The van der Waals surface area contributed by atoms with Crippen LogP contribution in [0, 0.1) is 6.92 Å². The number of halogens is 5. The van der Waals surface area contributed by atoms with E-state index in [2.05, 4.69) is 15.9 Å². The predicted octanol–water partition coefficient (Wildman–Crippen LogP) is 5.86. The first-order valence-electron chi connectivity index (χ1n) is 10.8. The second kappa shape index (κ2) is 10.5. The Morgan fingerprint density at radius 3 is 2.28 bits per heavy atom. The predicted molar refractivity (Wildman–Crippen MR) is 139 cm³/mol. The molecule has 39 heavy (non-hydrogen) atoms. The van der Waals surface area contributed by atoms with E-state index >= 15 is 0 Å². The van der Waals surface area contributed by atoms with Crippen LogP contribution in [-0.4, -0.2) is 26.3 Å². The maximum Gasteiger partial charge on any atom is 0.416 e. The van der Waals surface area contributed by atoms with Crippen LogP contribution in [0.4, 0.5) is 23.7 Å². The van der Waals surface area contributed by atoms with E-state index in [0.29, 0.717) is 17.0 Å². The standard InChI is InChI=1S/C25H15BrClF3N2O6S/c1-13-2-6-16(7-3-13)39(36,37)38-21-9-4-14(11-18(21)26)10-17-22(33)31-24(35)32(23(17)34)20-12-15(25(28,29)30)5-8-19(20)27/h2-12H,1H3,(H,31,33,35)/b17-10-. The summed E-state index contributed by atoms with van der Waals surface area (Å²) in [5.41, 5.74) is -1.27. The quantitative estimate of drug-likeness (QED) is 0.212. The molecule has 4 amide bonds. The van der Waals surface area contributed by atoms with Crippen molar-refractivity contribution in [1.29, 1.82) is 0 Å². The number of hydrogen-bond acceptors (Lipinski definition) is 6. The van der Waals surface area contributed by atoms with E-state index in [1.807, 2.05) is 5.32 Å². The Kier molecular flexibility index (Phi) is 7.61. The molecule has 0 unspecified atom stereocenters. The lowest BCUT2D eigenvalue weighted by atomic mass is 10.1. The van der Waals surface area contributed by atoms with Crippen LogP contribution in [0.25, 0.3) is 6.08 Å². The maximum absolute atomic E-state index is 13.2. The highest BCUT2D eigenvalue weighted by molar-refractivity contribution is 9.10. The van der Waals surface area contributed by atoms with E-state index in [1.54, 1.807) is 19.1 Å². The summed E-state index contributed by atoms with van der Waals surface area (Å²) in [6.07, 6.45) is -3.71. The Balaban J connectivity index is 1.65. The molecule has 1 saturated heterocycles. The lowest BCUT2D eigenvalue weighted by Gasteiger charge is -2.27. The third kappa shape index (κ3) is 6.00. The number of rotatable bonds is 5. The summed E-state index contributed by atoms with van der Waals surface area (Å²) in [7, 11) is -4.17. The van der Waals surface area contributed by atoms with Gasteiger partial charge in [0.2, 0.25) is 0 Å². The molecule has 0 spiro atoms. The largest absolute Gasteiger partial charge is 0.416 e. The van der Waals surface area contributed by atoms with E-state index in [0.717, 1.165) is 17.7 Å². The molecule has 3 aromatic rings. The van der Waals surface area contributed by atoms with Crippen LogP contribution in [0.2, 0.25) is 5.02 Å². The van der Waals surface area contributed by atoms with Crippen molar-refractivity contribution in [2.45, 2.75) is 18.0 Å². The summed E-state index contributed by atoms with van der Waals surface area (Å²) >= 11 is 9.16. The Morgan fingerprint density at radius 1 is 1.00 bits per heavy atom. The number of aryl methyl sites for hydroxylation is 1. The third-order valence-electron chi connectivity index (χ3n) is 5.39. The van der Waals surface area contributed by atoms with Crippen LogP contribution in [0.15, 0.2) is 75.6 Å². The SMILES string of the molecule is Cc1ccc(S(=O)(=O)Oc2ccc(/C=C3/C(=O)NC(=O)N(c4cc(C(F)(F)F)ccc4Cl)C3=O)cc2Br)cc1. The molecule has 1 fully saturated rings. The molecule has 1 aliphatic heterocycles. The first-order valence-corrected chi connectivity index (χ1v) is 13.3. The van der Waals surface area contributed by atoms with Crippen molar-refractivity contribution >= 4 is 67.3 Å². The normalized spacial score (nSPS) is 15.5. The number of hydrogen-bond donors (Lipinski definition) is 1. The number of carbonyl (C=O) groups excluding carboxylic acids is 3. The fourth-order valence-corrected chi connectivity index (χ4v) is 5.18. The van der Waals surface area contributed by atoms with Gasteiger partial charge in [0, 0.05) is 0 Å². The van der Waals surface area contributed by atoms with Gasteiger partial charge in [-0.3, -0.25) is 14.9 Å². The van der Waals surface area contributed by atoms with Gasteiger partial charge in [-0.25, -0.2) is 9.69 Å². The second-order valence-corrected chi connectivity index (χ2v) is 11.0. The minimum atomic E-state index is -4.79. The van der Waals surface area contributed by atoms with Crippen molar-refractivity contribution in [3.63, 3.8) is 0 Å². The molecule has 8 nitrogen and oxygen atoms in total. The van der Waals surface area contributed by atoms with Gasteiger partial charge in [-0.2, -0.15) is 21.6 Å². The van der Waals surface area contributed by atoms with Crippen LogP contribution < -0.4 is 14.4 Å². The lowest BCUT2D eigenvalue weighted by molar-refractivity contribution is -0.137. The third-order valence-corrected chi connectivity index (χ3v) is 7.58. The van der Waals surface area contributed by atoms with Crippen LogP contribution >= 0.6 is 27.5 Å². The molecule has 14 heteroatoms. The number of urea groups is 1. The highest BCUT2D eigenvalue weighted by Gasteiger charge is 2.39. The number of nitrogens with one attached hydrogen (secondary N) is 1. The Bertz CT molecular complexity index is 1660. The summed E-state index contributed by atoms with van der Waals surface area (Å²) in [5.74, 6) is -2.41. The number of benzene rings is 3. The first-order chi connectivity index (χ1) is 18.2. The van der Waals surface area contributed by atoms with Crippen LogP contribution in [0.1, 0.15) is 16.7 Å². The van der Waals surface area contributed by atoms with Crippen molar-refractivity contribution in [2.24, 2.45) is 0 Å². The van der Waals surface area contributed by atoms with Crippen LogP contribution in [-0.2, 0) is 25.9 Å². The average Bonchev–Trinajstić information content (AvgIpc) is 2.84. The van der Waals surface area contributed by atoms with E-state index in [-0.39, 0.29) is 25.7 Å². The van der Waals surface area contributed by atoms with Crippen LogP contribution in [0.5, 0.6) is 5.75 Å². The van der Waals surface area contributed by atoms with E-state index in [1.165, 1.54) is 30.3 Å². The van der Waals surface area contributed by atoms with Crippen molar-refractivity contribution in [2.75, 3.05) is 4.90 Å². The highest BCUT2D eigenvalue weighted by atomic mass is 79.9. The molecule has 202 valence electrons. The molecule has 4 rings (SSSR count). The van der Waals surface area contributed by atoms with Gasteiger partial charge >= 0.3 is 22.3 Å². The molecule has 1 N–H and O–H groups in total. The molecule has 0 atom stereocenters. The van der Waals surface area contributed by atoms with E-state index in [4.69, 9.17) is 15.8 Å². The maximum atomic E-state index is 13.2. The number of amides is 4. The lowest BCUT2D eigenvalue weighted by Crippen LogP contribution is -2.54. The van der Waals surface area contributed by atoms with Gasteiger partial charge in [-0.05, 0) is 77.0 Å². The van der Waals surface area contributed by atoms with Gasteiger partial charge in [0.05, 0.1) is 20.7 Å². The van der Waals surface area contributed by atoms with Gasteiger partial charge in [-0.15, -0.1) is 0 Å². The second-order valence-electron chi connectivity index (χ2n) is 8.16. The van der Waals surface area contributed by atoms with Crippen molar-refractivity contribution in [1.82, 2.24) is 5.32 Å². The van der Waals surface area contributed by atoms with Gasteiger partial charge < -0.3 is 4.18 Å². The van der Waals surface area contributed by atoms with Gasteiger partial charge in [0.1, 0.15) is 10.5 Å². The molecule has 1 heterocycles. The molecule has 3 aromatic carbocycles. The minimum absolute atomic E-state index is 0.0753. The Labute approximate surface area is 233 Å². The molecule has 0 radical (unpaired) electrons. The topological polar surface area (TPSA) is 110 Å². The number of barbiturate groups is 1. The van der Waals surface area contributed by atoms with Gasteiger partial charge in [0.15, 0.2) is 5.75 Å². The molecular weight excluding hydrogens is 629 g/mol. The molecule has 1 aliphatic rings. The van der Waals surface area contributed by atoms with Crippen molar-refractivity contribution < 1.29 is 40.2 Å². The average molecular weight is 644 g/mol. The molecule has 0 bridgehead atoms. The van der Waals surface area contributed by atoms with E-state index in [9.17, 15) is 36.0 Å². The fourth-order valence-electron chi connectivity index (χ4n) is 3.45. The molecule has 0 saturated carbocycles. The number of alkyl halides is 3. The summed E-state index contributed by atoms with van der Waals surface area (Å²) in [4.78, 5) is 38.2. The number of imide groups is 2. The minimum Gasteiger partial charge on any atom is -0.378 e. The molecule has 0 aliphatic carbocycles. The molecular formula is C25H15BrClF3N2O6S. The summed E-state index contributed by atoms with van der Waals surface area (Å²) in [6.45, 7) is 1.79. The number of nitrogens with zero attached hydrogens (tertiary/aromatic N) is 1. The zero-order chi connectivity index (χ0) is 28.7. The molecule has 0 aromatic heterocycles. The van der Waals surface area contributed by atoms with E-state index < -0.39 is 51.0 Å². The van der Waals surface area contributed by atoms with Crippen LogP contribution in [0.3, 0.4) is 0 Å². The Hall–Kier alpha value is -3.68.